The van der Waals surface area contributed by atoms with Gasteiger partial charge in [0.2, 0.25) is 11.8 Å². The number of carbonyl (C=O) groups is 4. The monoisotopic (exact) mass is 998 g/mol. The van der Waals surface area contributed by atoms with E-state index in [1.165, 1.54) is 0 Å². The summed E-state index contributed by atoms with van der Waals surface area (Å²) in [4.78, 5) is 60.1. The van der Waals surface area contributed by atoms with E-state index in [2.05, 4.69) is 36.2 Å². The molecular weight excluding hydrogens is 919 g/mol. The number of hydrogen-bond acceptors (Lipinski definition) is 20. The van der Waals surface area contributed by atoms with Crippen molar-refractivity contribution in [2.75, 3.05) is 185 Å². The minimum Gasteiger partial charge on any atom is -0.442 e. The van der Waals surface area contributed by atoms with E-state index in [0.29, 0.717) is 138 Å². The number of nitrogens with zero attached hydrogens (tertiary/aromatic N) is 6. The molecule has 0 aromatic heterocycles. The Labute approximate surface area is 405 Å². The molecule has 0 aliphatic rings. The number of amides is 3. The first-order chi connectivity index (χ1) is 33.6. The van der Waals surface area contributed by atoms with Gasteiger partial charge >= 0.3 is 6.09 Å². The van der Waals surface area contributed by atoms with Crippen LogP contribution < -0.4 is 16.1 Å². The number of ether oxygens (including phenoxy) is 13. The second-order valence-corrected chi connectivity index (χ2v) is 15.1. The Bertz CT molecular complexity index is 1360. The van der Waals surface area contributed by atoms with E-state index in [9.17, 15) is 19.2 Å². The fourth-order valence-corrected chi connectivity index (χ4v) is 5.05. The predicted octanol–water partition coefficient (Wildman–Crippen LogP) is 2.38. The van der Waals surface area contributed by atoms with Crippen LogP contribution in [0.2, 0.25) is 0 Å². The number of carbonyl (C=O) groups excluding carboxylic acids is 4. The molecule has 0 fully saturated rings. The summed E-state index contributed by atoms with van der Waals surface area (Å²) in [6, 6.07) is -0.751. The summed E-state index contributed by atoms with van der Waals surface area (Å²) >= 11 is 0. The Morgan fingerprint density at radius 3 is 1.32 bits per heavy atom. The number of rotatable bonds is 52. The second-order valence-electron chi connectivity index (χ2n) is 15.1. The lowest BCUT2D eigenvalue weighted by Crippen LogP contribution is -2.42. The topological polar surface area (TPSA) is 331 Å². The molecule has 3 amide bonds. The smallest absolute Gasteiger partial charge is 0.431 e. The molecule has 0 heterocycles. The Morgan fingerprint density at radius 2 is 0.884 bits per heavy atom. The highest BCUT2D eigenvalue weighted by molar-refractivity contribution is 5.89. The first kappa shape index (κ1) is 65.0. The summed E-state index contributed by atoms with van der Waals surface area (Å²) in [5, 5.41) is 12.3. The van der Waals surface area contributed by atoms with Crippen molar-refractivity contribution in [3.05, 3.63) is 20.9 Å². The number of unbranched alkanes of at least 4 members (excludes halogenated alkanes) is 1. The normalized spacial score (nSPS) is 11.6. The van der Waals surface area contributed by atoms with Crippen molar-refractivity contribution in [3.8, 4) is 0 Å². The lowest BCUT2D eigenvalue weighted by atomic mass is 10.0. The molecule has 0 saturated heterocycles. The molecule has 0 radical (unpaired) electrons. The molecule has 27 heteroatoms. The van der Waals surface area contributed by atoms with Crippen molar-refractivity contribution in [1.82, 2.24) is 16.1 Å². The van der Waals surface area contributed by atoms with Crippen LogP contribution in [0.25, 0.3) is 20.9 Å². The second kappa shape index (κ2) is 50.4. The lowest BCUT2D eigenvalue weighted by Gasteiger charge is -2.19. The van der Waals surface area contributed by atoms with Crippen molar-refractivity contribution >= 4 is 23.7 Å². The molecule has 0 aliphatic carbocycles. The van der Waals surface area contributed by atoms with Crippen molar-refractivity contribution in [1.29, 1.82) is 0 Å². The van der Waals surface area contributed by atoms with E-state index in [1.54, 1.807) is 20.8 Å². The number of azide groups is 2. The third-order valence-corrected chi connectivity index (χ3v) is 8.17. The fraction of sp³-hybridized carbons (Fsp3) is 0.905. The summed E-state index contributed by atoms with van der Waals surface area (Å²) in [6.45, 7) is 13.2. The van der Waals surface area contributed by atoms with Crippen LogP contribution in [0.3, 0.4) is 0 Å². The average Bonchev–Trinajstić information content (AvgIpc) is 3.31. The minimum absolute atomic E-state index is 0.117. The van der Waals surface area contributed by atoms with Crippen molar-refractivity contribution in [2.45, 2.75) is 64.5 Å². The van der Waals surface area contributed by atoms with Gasteiger partial charge in [-0.15, -0.1) is 0 Å². The van der Waals surface area contributed by atoms with Crippen LogP contribution in [0.1, 0.15) is 52.9 Å². The molecule has 0 aromatic carbocycles. The number of Topliss-reactive ketones (excluding diaryl/α,β-unsaturated/α-hetero) is 1. The van der Waals surface area contributed by atoms with Crippen LogP contribution >= 0.6 is 0 Å². The third-order valence-electron chi connectivity index (χ3n) is 8.17. The molecule has 0 saturated carbocycles. The SMILES string of the molecule is CC(C)(C)OC(=O)NOCCOCCOCCCC(=O)[C@H](CCCCNC(=O)COCCOCCOCCOCCOCCN=[N+]=[N-])NC(=O)COCCOCCOCCOCCOCCN=[N+]=[N-]. The summed E-state index contributed by atoms with van der Waals surface area (Å²) in [7, 11) is 0. The third kappa shape index (κ3) is 51.7. The van der Waals surface area contributed by atoms with Gasteiger partial charge in [-0.25, -0.2) is 4.79 Å². The van der Waals surface area contributed by atoms with Gasteiger partial charge in [0.05, 0.1) is 151 Å². The Kier molecular flexibility index (Phi) is 47.4. The summed E-state index contributed by atoms with van der Waals surface area (Å²) < 4.78 is 69.9. The van der Waals surface area contributed by atoms with E-state index in [0.717, 1.165) is 0 Å². The molecule has 0 unspecified atom stereocenters. The van der Waals surface area contributed by atoms with E-state index >= 15 is 0 Å². The number of hydrogen-bond donors (Lipinski definition) is 3. The van der Waals surface area contributed by atoms with Crippen LogP contribution in [0.15, 0.2) is 10.2 Å². The van der Waals surface area contributed by atoms with Crippen molar-refractivity contribution in [2.24, 2.45) is 10.2 Å². The molecule has 400 valence electrons. The molecule has 1 atom stereocenters. The summed E-state index contributed by atoms with van der Waals surface area (Å²) in [6.07, 6.45) is 1.39. The lowest BCUT2D eigenvalue weighted by molar-refractivity contribution is -0.131. The standard InChI is InChI=1S/C42H79N9O18/c1-42(2,3)69-41(55)49-68-34-33-65-18-15-56-12-6-8-38(52)37(48-40(54)36-67-32-30-64-28-26-62-24-22-60-20-17-58-14-11-47-51-44)7-4-5-9-45-39(53)35-66-31-29-63-27-25-61-23-21-59-19-16-57-13-10-46-50-43/h37H,4-36H2,1-3H3,(H,45,53)(H,48,54)(H,49,55)/t37-/m0/s1. The zero-order valence-corrected chi connectivity index (χ0v) is 40.9. The maximum atomic E-state index is 13.2. The maximum absolute atomic E-state index is 13.2. The molecule has 0 aromatic rings. The maximum Gasteiger partial charge on any atom is 0.431 e. The van der Waals surface area contributed by atoms with Gasteiger partial charge < -0.3 is 72.2 Å². The predicted molar refractivity (Wildman–Crippen MR) is 246 cm³/mol. The molecule has 3 N–H and O–H groups in total. The molecule has 27 nitrogen and oxygen atoms in total. The van der Waals surface area contributed by atoms with Gasteiger partial charge in [-0.1, -0.05) is 10.2 Å². The van der Waals surface area contributed by atoms with Crippen molar-refractivity contribution < 1.29 is 85.6 Å². The van der Waals surface area contributed by atoms with E-state index in [-0.39, 0.29) is 90.7 Å². The summed E-state index contributed by atoms with van der Waals surface area (Å²) in [5.74, 6) is -0.879. The van der Waals surface area contributed by atoms with Gasteiger partial charge in [0.25, 0.3) is 0 Å². The first-order valence-corrected chi connectivity index (χ1v) is 23.2. The fourth-order valence-electron chi connectivity index (χ4n) is 5.05. The Morgan fingerprint density at radius 1 is 0.493 bits per heavy atom. The van der Waals surface area contributed by atoms with Crippen LogP contribution in [0.5, 0.6) is 0 Å². The number of hydroxylamine groups is 1. The number of nitrogens with one attached hydrogen (secondary N) is 3. The van der Waals surface area contributed by atoms with Gasteiger partial charge in [0, 0.05) is 42.5 Å². The van der Waals surface area contributed by atoms with Gasteiger partial charge in [-0.05, 0) is 57.5 Å². The van der Waals surface area contributed by atoms with Gasteiger partial charge in [-0.3, -0.25) is 19.2 Å². The Balaban J connectivity index is 4.32. The van der Waals surface area contributed by atoms with Gasteiger partial charge in [0.15, 0.2) is 5.78 Å². The molecule has 0 spiro atoms. The van der Waals surface area contributed by atoms with Crippen LogP contribution in [0.4, 0.5) is 4.79 Å². The van der Waals surface area contributed by atoms with Crippen LogP contribution in [-0.4, -0.2) is 220 Å². The number of ketones is 1. The highest BCUT2D eigenvalue weighted by atomic mass is 16.7. The molecular formula is C42H79N9O18. The van der Waals surface area contributed by atoms with Gasteiger partial charge in [-0.2, -0.15) is 5.48 Å². The quantitative estimate of drug-likeness (QED) is 0.0259. The molecule has 0 bridgehead atoms. The van der Waals surface area contributed by atoms with Gasteiger partial charge in [0.1, 0.15) is 18.8 Å². The summed E-state index contributed by atoms with van der Waals surface area (Å²) in [5.41, 5.74) is 17.9. The molecule has 69 heavy (non-hydrogen) atoms. The largest absolute Gasteiger partial charge is 0.442 e. The van der Waals surface area contributed by atoms with E-state index < -0.39 is 23.6 Å². The zero-order valence-electron chi connectivity index (χ0n) is 40.9. The highest BCUT2D eigenvalue weighted by Gasteiger charge is 2.20. The average molecular weight is 998 g/mol. The van der Waals surface area contributed by atoms with Crippen molar-refractivity contribution in [3.63, 3.8) is 0 Å². The minimum atomic E-state index is -0.751. The molecule has 0 aliphatic heterocycles. The Hall–Kier alpha value is -4.02. The van der Waals surface area contributed by atoms with Crippen LogP contribution in [0, 0.1) is 0 Å². The molecule has 0 rings (SSSR count). The zero-order chi connectivity index (χ0) is 50.6. The highest BCUT2D eigenvalue weighted by Crippen LogP contribution is 2.08. The van der Waals surface area contributed by atoms with E-state index in [4.69, 9.17) is 77.5 Å². The first-order valence-electron chi connectivity index (χ1n) is 23.2. The van der Waals surface area contributed by atoms with Crippen LogP contribution in [-0.2, 0) is 80.8 Å². The van der Waals surface area contributed by atoms with E-state index in [1.807, 2.05) is 0 Å².